The van der Waals surface area contributed by atoms with Crippen molar-refractivity contribution in [1.82, 2.24) is 0 Å². The molecule has 0 aromatic carbocycles. The summed E-state index contributed by atoms with van der Waals surface area (Å²) in [5.41, 5.74) is 0. The van der Waals surface area contributed by atoms with Crippen LogP contribution in [-0.2, 0) is 14.3 Å². The highest BCUT2D eigenvalue weighted by Gasteiger charge is 2.27. The van der Waals surface area contributed by atoms with Gasteiger partial charge < -0.3 is 9.84 Å². The van der Waals surface area contributed by atoms with E-state index in [0.29, 0.717) is 18.3 Å². The zero-order chi connectivity index (χ0) is 20.5. The first-order chi connectivity index (χ1) is 13.0. The first-order valence-corrected chi connectivity index (χ1v) is 11.4. The number of ether oxygens (including phenoxy) is 1. The van der Waals surface area contributed by atoms with Gasteiger partial charge in [-0.3, -0.25) is 9.59 Å². The summed E-state index contributed by atoms with van der Waals surface area (Å²) >= 11 is 0. The minimum absolute atomic E-state index is 0.0416. The van der Waals surface area contributed by atoms with Crippen LogP contribution in [0.25, 0.3) is 0 Å². The van der Waals surface area contributed by atoms with E-state index in [1.807, 2.05) is 0 Å². The van der Waals surface area contributed by atoms with Crippen molar-refractivity contribution in [1.29, 1.82) is 0 Å². The second-order valence-electron chi connectivity index (χ2n) is 8.02. The zero-order valence-corrected chi connectivity index (χ0v) is 18.3. The fourth-order valence-corrected chi connectivity index (χ4v) is 3.77. The molecule has 1 N–H and O–H groups in total. The first kappa shape index (κ1) is 25.9. The van der Waals surface area contributed by atoms with E-state index in [2.05, 4.69) is 27.7 Å². The van der Waals surface area contributed by atoms with Crippen LogP contribution in [0.1, 0.15) is 118 Å². The standard InChI is InChI=1S/C23H44O4/c1-5-8-13-16-19(4)23(20(6-2)7-3)27-22(26)18-15-12-10-9-11-14-17-21(24)25/h19-20,23H,5-18H2,1-4H3,(H,24,25). The van der Waals surface area contributed by atoms with Gasteiger partial charge in [0.1, 0.15) is 6.10 Å². The lowest BCUT2D eigenvalue weighted by Crippen LogP contribution is -2.32. The lowest BCUT2D eigenvalue weighted by atomic mass is 9.85. The third kappa shape index (κ3) is 13.7. The van der Waals surface area contributed by atoms with Crippen molar-refractivity contribution in [2.75, 3.05) is 0 Å². The molecule has 0 spiro atoms. The molecule has 0 aromatic rings. The van der Waals surface area contributed by atoms with Gasteiger partial charge in [-0.2, -0.15) is 0 Å². The number of rotatable bonds is 18. The molecule has 2 atom stereocenters. The first-order valence-electron chi connectivity index (χ1n) is 11.4. The van der Waals surface area contributed by atoms with Crippen molar-refractivity contribution in [3.63, 3.8) is 0 Å². The molecule has 0 saturated heterocycles. The molecular formula is C23H44O4. The number of carboxylic acids is 1. The Hall–Kier alpha value is -1.06. The van der Waals surface area contributed by atoms with Crippen LogP contribution in [0.5, 0.6) is 0 Å². The number of esters is 1. The fourth-order valence-electron chi connectivity index (χ4n) is 3.77. The molecule has 2 unspecified atom stereocenters. The Balaban J connectivity index is 4.14. The van der Waals surface area contributed by atoms with Crippen LogP contribution < -0.4 is 0 Å². The summed E-state index contributed by atoms with van der Waals surface area (Å²) in [5.74, 6) is 0.133. The van der Waals surface area contributed by atoms with Crippen LogP contribution in [0.3, 0.4) is 0 Å². The summed E-state index contributed by atoms with van der Waals surface area (Å²) in [6.07, 6.45) is 13.5. The van der Waals surface area contributed by atoms with E-state index < -0.39 is 5.97 Å². The molecule has 0 radical (unpaired) electrons. The Morgan fingerprint density at radius 1 is 0.815 bits per heavy atom. The highest BCUT2D eigenvalue weighted by molar-refractivity contribution is 5.69. The summed E-state index contributed by atoms with van der Waals surface area (Å²) in [6.45, 7) is 8.84. The molecule has 27 heavy (non-hydrogen) atoms. The third-order valence-electron chi connectivity index (χ3n) is 5.63. The molecule has 0 aliphatic heterocycles. The molecule has 0 aromatic heterocycles. The monoisotopic (exact) mass is 384 g/mol. The Morgan fingerprint density at radius 2 is 1.37 bits per heavy atom. The molecule has 0 aliphatic carbocycles. The highest BCUT2D eigenvalue weighted by atomic mass is 16.5. The quantitative estimate of drug-likeness (QED) is 0.209. The lowest BCUT2D eigenvalue weighted by Gasteiger charge is -2.30. The maximum absolute atomic E-state index is 12.3. The van der Waals surface area contributed by atoms with Gasteiger partial charge >= 0.3 is 11.9 Å². The SMILES string of the molecule is CCCCCC(C)C(OC(=O)CCCCCCCCC(=O)O)C(CC)CC. The second kappa shape index (κ2) is 17.1. The van der Waals surface area contributed by atoms with Gasteiger partial charge in [0.05, 0.1) is 0 Å². The Bertz CT molecular complexity index is 377. The average molecular weight is 385 g/mol. The minimum atomic E-state index is -0.714. The van der Waals surface area contributed by atoms with Crippen LogP contribution in [0.2, 0.25) is 0 Å². The van der Waals surface area contributed by atoms with Crippen molar-refractivity contribution < 1.29 is 19.4 Å². The summed E-state index contributed by atoms with van der Waals surface area (Å²) in [6, 6.07) is 0. The van der Waals surface area contributed by atoms with Crippen molar-refractivity contribution in [3.05, 3.63) is 0 Å². The molecule has 0 saturated carbocycles. The molecule has 160 valence electrons. The predicted molar refractivity (Wildman–Crippen MR) is 112 cm³/mol. The van der Waals surface area contributed by atoms with E-state index in [-0.39, 0.29) is 18.5 Å². The lowest BCUT2D eigenvalue weighted by molar-refractivity contribution is -0.155. The van der Waals surface area contributed by atoms with E-state index in [1.165, 1.54) is 19.3 Å². The van der Waals surface area contributed by atoms with Crippen molar-refractivity contribution >= 4 is 11.9 Å². The molecule has 0 amide bonds. The fraction of sp³-hybridized carbons (Fsp3) is 0.913. The third-order valence-corrected chi connectivity index (χ3v) is 5.63. The van der Waals surface area contributed by atoms with Crippen molar-refractivity contribution in [2.45, 2.75) is 124 Å². The van der Waals surface area contributed by atoms with Gasteiger partial charge in [0.15, 0.2) is 0 Å². The summed E-state index contributed by atoms with van der Waals surface area (Å²) < 4.78 is 5.95. The van der Waals surface area contributed by atoms with Gasteiger partial charge in [0.2, 0.25) is 0 Å². The number of carbonyl (C=O) groups excluding carboxylic acids is 1. The van der Waals surface area contributed by atoms with E-state index in [1.54, 1.807) is 0 Å². The molecule has 0 fully saturated rings. The van der Waals surface area contributed by atoms with Crippen LogP contribution in [0.15, 0.2) is 0 Å². The number of carbonyl (C=O) groups is 2. The highest BCUT2D eigenvalue weighted by Crippen LogP contribution is 2.27. The van der Waals surface area contributed by atoms with Gasteiger partial charge in [-0.1, -0.05) is 72.6 Å². The number of aliphatic carboxylic acids is 1. The topological polar surface area (TPSA) is 63.6 Å². The molecular weight excluding hydrogens is 340 g/mol. The van der Waals surface area contributed by atoms with E-state index >= 15 is 0 Å². The number of hydrogen-bond acceptors (Lipinski definition) is 3. The van der Waals surface area contributed by atoms with Crippen molar-refractivity contribution in [2.24, 2.45) is 11.8 Å². The summed E-state index contributed by atoms with van der Waals surface area (Å²) in [4.78, 5) is 22.8. The molecule has 0 heterocycles. The summed E-state index contributed by atoms with van der Waals surface area (Å²) in [7, 11) is 0. The van der Waals surface area contributed by atoms with Gasteiger partial charge in [0.25, 0.3) is 0 Å². The van der Waals surface area contributed by atoms with Crippen LogP contribution in [0, 0.1) is 11.8 Å². The second-order valence-corrected chi connectivity index (χ2v) is 8.02. The predicted octanol–water partition coefficient (Wildman–Crippen LogP) is 6.76. The molecule has 4 heteroatoms. The molecule has 0 bridgehead atoms. The number of carboxylic acid groups (broad SMARTS) is 1. The van der Waals surface area contributed by atoms with Gasteiger partial charge in [-0.15, -0.1) is 0 Å². The van der Waals surface area contributed by atoms with E-state index in [4.69, 9.17) is 9.84 Å². The summed E-state index contributed by atoms with van der Waals surface area (Å²) in [5, 5.41) is 8.61. The van der Waals surface area contributed by atoms with Gasteiger partial charge in [-0.05, 0) is 43.9 Å². The molecule has 0 aliphatic rings. The number of hydrogen-bond donors (Lipinski definition) is 1. The Morgan fingerprint density at radius 3 is 1.89 bits per heavy atom. The minimum Gasteiger partial charge on any atom is -0.481 e. The Kier molecular flexibility index (Phi) is 16.4. The van der Waals surface area contributed by atoms with Gasteiger partial charge in [0, 0.05) is 12.8 Å². The maximum atomic E-state index is 12.3. The van der Waals surface area contributed by atoms with Gasteiger partial charge in [-0.25, -0.2) is 0 Å². The Labute approximate surface area is 167 Å². The van der Waals surface area contributed by atoms with E-state index in [0.717, 1.165) is 57.8 Å². The zero-order valence-electron chi connectivity index (χ0n) is 18.3. The molecule has 0 rings (SSSR count). The number of unbranched alkanes of at least 4 members (excludes halogenated alkanes) is 7. The van der Waals surface area contributed by atoms with Crippen LogP contribution in [-0.4, -0.2) is 23.1 Å². The molecule has 4 nitrogen and oxygen atoms in total. The van der Waals surface area contributed by atoms with Crippen molar-refractivity contribution in [3.8, 4) is 0 Å². The van der Waals surface area contributed by atoms with Crippen LogP contribution in [0.4, 0.5) is 0 Å². The largest absolute Gasteiger partial charge is 0.481 e. The normalized spacial score (nSPS) is 13.5. The van der Waals surface area contributed by atoms with Crippen LogP contribution >= 0.6 is 0 Å². The average Bonchev–Trinajstić information content (AvgIpc) is 2.63. The maximum Gasteiger partial charge on any atom is 0.306 e. The van der Waals surface area contributed by atoms with E-state index in [9.17, 15) is 9.59 Å². The smallest absolute Gasteiger partial charge is 0.306 e.